The number of rotatable bonds is 9. The van der Waals surface area contributed by atoms with Crippen LogP contribution in [0.15, 0.2) is 51.9 Å². The Labute approximate surface area is 177 Å². The highest BCUT2D eigenvalue weighted by Crippen LogP contribution is 2.36. The molecule has 2 heterocycles. The molecule has 1 amide bonds. The van der Waals surface area contributed by atoms with Crippen LogP contribution >= 0.6 is 11.6 Å². The number of Topliss-reactive ketones (excluding diaryl/α,β-unsaturated/α-hetero) is 1. The Morgan fingerprint density at radius 1 is 1.17 bits per heavy atom. The highest BCUT2D eigenvalue weighted by Gasteiger charge is 2.31. The van der Waals surface area contributed by atoms with E-state index in [1.807, 2.05) is 0 Å². The lowest BCUT2D eigenvalue weighted by Crippen LogP contribution is -2.32. The van der Waals surface area contributed by atoms with Gasteiger partial charge in [-0.3, -0.25) is 14.2 Å². The first-order chi connectivity index (χ1) is 14.5. The van der Waals surface area contributed by atoms with Crippen LogP contribution in [0.4, 0.5) is 0 Å². The highest BCUT2D eigenvalue weighted by molar-refractivity contribution is 6.30. The maximum absolute atomic E-state index is 12.7. The summed E-state index contributed by atoms with van der Waals surface area (Å²) in [6.45, 7) is 0.482. The van der Waals surface area contributed by atoms with Crippen molar-refractivity contribution in [3.05, 3.63) is 63.7 Å². The van der Waals surface area contributed by atoms with Gasteiger partial charge in [0.15, 0.2) is 11.5 Å². The minimum absolute atomic E-state index is 0.0739. The van der Waals surface area contributed by atoms with Gasteiger partial charge in [-0.25, -0.2) is 9.48 Å². The van der Waals surface area contributed by atoms with E-state index in [9.17, 15) is 14.4 Å². The fourth-order valence-corrected chi connectivity index (χ4v) is 3.32. The minimum atomic E-state index is -0.252. The molecule has 0 spiro atoms. The third-order valence-electron chi connectivity index (χ3n) is 4.92. The molecule has 1 aromatic carbocycles. The molecule has 4 rings (SSSR count). The largest absolute Gasteiger partial charge is 0.461 e. The number of hydrogen-bond acceptors (Lipinski definition) is 5. The van der Waals surface area contributed by atoms with Crippen molar-refractivity contribution < 1.29 is 14.0 Å². The van der Waals surface area contributed by atoms with Crippen LogP contribution in [0.25, 0.3) is 11.6 Å². The summed E-state index contributed by atoms with van der Waals surface area (Å²) in [6, 6.07) is 10.2. The quantitative estimate of drug-likeness (QED) is 0.528. The molecular formula is C21H21ClN4O4. The van der Waals surface area contributed by atoms with Crippen LogP contribution in [0, 0.1) is 0 Å². The monoisotopic (exact) mass is 428 g/mol. The van der Waals surface area contributed by atoms with Crippen molar-refractivity contribution in [2.75, 3.05) is 6.54 Å². The lowest BCUT2D eigenvalue weighted by Gasteiger charge is -2.05. The summed E-state index contributed by atoms with van der Waals surface area (Å²) < 4.78 is 8.40. The van der Waals surface area contributed by atoms with Gasteiger partial charge in [0.05, 0.1) is 12.8 Å². The van der Waals surface area contributed by atoms with Gasteiger partial charge in [0.1, 0.15) is 0 Å². The number of furan rings is 1. The first-order valence-electron chi connectivity index (χ1n) is 9.81. The van der Waals surface area contributed by atoms with Crippen molar-refractivity contribution in [3.63, 3.8) is 0 Å². The number of nitrogens with one attached hydrogen (secondary N) is 1. The van der Waals surface area contributed by atoms with E-state index >= 15 is 0 Å². The molecule has 0 atom stereocenters. The second-order valence-electron chi connectivity index (χ2n) is 7.19. The molecule has 0 unspecified atom stereocenters. The topological polar surface area (TPSA) is 99.1 Å². The summed E-state index contributed by atoms with van der Waals surface area (Å²) in [5.74, 6) is 0.678. The molecule has 2 aromatic heterocycles. The predicted octanol–water partition coefficient (Wildman–Crippen LogP) is 3.07. The van der Waals surface area contributed by atoms with Crippen LogP contribution in [-0.4, -0.2) is 32.6 Å². The molecular weight excluding hydrogens is 408 g/mol. The minimum Gasteiger partial charge on any atom is -0.461 e. The van der Waals surface area contributed by atoms with E-state index in [2.05, 4.69) is 10.4 Å². The fraction of sp³-hybridized carbons (Fsp3) is 0.333. The van der Waals surface area contributed by atoms with Gasteiger partial charge in [-0.15, -0.1) is 5.10 Å². The lowest BCUT2D eigenvalue weighted by atomic mass is 10.1. The van der Waals surface area contributed by atoms with Crippen LogP contribution in [0.1, 0.15) is 42.1 Å². The Hall–Kier alpha value is -3.13. The normalized spacial score (nSPS) is 13.4. The average molecular weight is 429 g/mol. The molecule has 0 aliphatic heterocycles. The Balaban J connectivity index is 1.30. The van der Waals surface area contributed by atoms with E-state index in [1.165, 1.54) is 4.68 Å². The Morgan fingerprint density at radius 3 is 2.60 bits per heavy atom. The van der Waals surface area contributed by atoms with E-state index in [0.717, 1.165) is 12.8 Å². The maximum Gasteiger partial charge on any atom is 0.346 e. The first-order valence-corrected chi connectivity index (χ1v) is 10.2. The van der Waals surface area contributed by atoms with Gasteiger partial charge < -0.3 is 9.73 Å². The molecule has 1 fully saturated rings. The van der Waals surface area contributed by atoms with Crippen molar-refractivity contribution in [1.82, 2.24) is 19.7 Å². The van der Waals surface area contributed by atoms with Crippen LogP contribution in [0.3, 0.4) is 0 Å². The van der Waals surface area contributed by atoms with Gasteiger partial charge in [0, 0.05) is 36.0 Å². The second kappa shape index (κ2) is 8.71. The average Bonchev–Trinajstić information content (AvgIpc) is 3.31. The third kappa shape index (κ3) is 4.54. The van der Waals surface area contributed by atoms with E-state index < -0.39 is 0 Å². The molecule has 8 nitrogen and oxygen atoms in total. The highest BCUT2D eigenvalue weighted by atomic mass is 35.5. The maximum atomic E-state index is 12.7. The van der Waals surface area contributed by atoms with Crippen LogP contribution in [0.2, 0.25) is 5.02 Å². The molecule has 156 valence electrons. The SMILES string of the molecule is O=C(CCC(=O)c1ccc(Cl)cc1)NCCn1nc(-c2ccco2)n(C2CC2)c1=O. The van der Waals surface area contributed by atoms with Crippen molar-refractivity contribution in [3.8, 4) is 11.6 Å². The standard InChI is InChI=1S/C21H21ClN4O4/c22-15-5-3-14(4-6-15)17(27)9-10-19(28)23-11-12-25-21(29)26(16-7-8-16)20(24-25)18-2-1-13-30-18/h1-6,13,16H,7-12H2,(H,23,28). The smallest absolute Gasteiger partial charge is 0.346 e. The van der Waals surface area contributed by atoms with E-state index in [-0.39, 0.29) is 49.4 Å². The number of halogens is 1. The second-order valence-corrected chi connectivity index (χ2v) is 7.62. The third-order valence-corrected chi connectivity index (χ3v) is 5.17. The van der Waals surface area contributed by atoms with Gasteiger partial charge in [0.25, 0.3) is 0 Å². The summed E-state index contributed by atoms with van der Waals surface area (Å²) in [6.07, 6.45) is 3.61. The van der Waals surface area contributed by atoms with Gasteiger partial charge in [-0.2, -0.15) is 0 Å². The van der Waals surface area contributed by atoms with E-state index in [4.69, 9.17) is 16.0 Å². The summed E-state index contributed by atoms with van der Waals surface area (Å²) in [5.41, 5.74) is 0.311. The predicted molar refractivity (Wildman–Crippen MR) is 110 cm³/mol. The lowest BCUT2D eigenvalue weighted by molar-refractivity contribution is -0.121. The molecule has 9 heteroatoms. The Bertz CT molecular complexity index is 1100. The van der Waals surface area contributed by atoms with Crippen LogP contribution in [-0.2, 0) is 11.3 Å². The van der Waals surface area contributed by atoms with Crippen LogP contribution < -0.4 is 11.0 Å². The first kappa shape index (κ1) is 20.2. The number of amides is 1. The van der Waals surface area contributed by atoms with Crippen molar-refractivity contribution in [2.24, 2.45) is 0 Å². The Morgan fingerprint density at radius 2 is 1.93 bits per heavy atom. The summed E-state index contributed by atoms with van der Waals surface area (Å²) in [5, 5.41) is 7.68. The van der Waals surface area contributed by atoms with Gasteiger partial charge in [0.2, 0.25) is 11.7 Å². The molecule has 30 heavy (non-hydrogen) atoms. The zero-order valence-corrected chi connectivity index (χ0v) is 17.0. The molecule has 1 aliphatic rings. The van der Waals surface area contributed by atoms with Crippen molar-refractivity contribution in [2.45, 2.75) is 38.3 Å². The van der Waals surface area contributed by atoms with Gasteiger partial charge in [-0.1, -0.05) is 11.6 Å². The van der Waals surface area contributed by atoms with Crippen LogP contribution in [0.5, 0.6) is 0 Å². The van der Waals surface area contributed by atoms with E-state index in [1.54, 1.807) is 47.2 Å². The van der Waals surface area contributed by atoms with Gasteiger partial charge in [-0.05, 0) is 49.2 Å². The number of ketones is 1. The van der Waals surface area contributed by atoms with Gasteiger partial charge >= 0.3 is 5.69 Å². The number of benzene rings is 1. The summed E-state index contributed by atoms with van der Waals surface area (Å²) in [7, 11) is 0. The Kier molecular flexibility index (Phi) is 5.85. The zero-order valence-electron chi connectivity index (χ0n) is 16.2. The summed E-state index contributed by atoms with van der Waals surface area (Å²) in [4.78, 5) is 36.9. The number of carbonyl (C=O) groups is 2. The number of nitrogens with zero attached hydrogens (tertiary/aromatic N) is 3. The molecule has 0 radical (unpaired) electrons. The van der Waals surface area contributed by atoms with Crippen molar-refractivity contribution >= 4 is 23.3 Å². The molecule has 0 saturated heterocycles. The molecule has 3 aromatic rings. The molecule has 1 aliphatic carbocycles. The summed E-state index contributed by atoms with van der Waals surface area (Å²) >= 11 is 5.81. The van der Waals surface area contributed by atoms with Crippen molar-refractivity contribution in [1.29, 1.82) is 0 Å². The number of carbonyl (C=O) groups excluding carboxylic acids is 2. The number of hydrogen-bond donors (Lipinski definition) is 1. The molecule has 1 N–H and O–H groups in total. The zero-order chi connectivity index (χ0) is 21.1. The van der Waals surface area contributed by atoms with E-state index in [0.29, 0.717) is 22.2 Å². The molecule has 0 bridgehead atoms. The number of aromatic nitrogens is 3. The fourth-order valence-electron chi connectivity index (χ4n) is 3.20. The molecule has 1 saturated carbocycles.